The fourth-order valence-electron chi connectivity index (χ4n) is 2.02. The molecule has 0 aliphatic rings. The van der Waals surface area contributed by atoms with Crippen molar-refractivity contribution in [3.05, 3.63) is 65.2 Å². The van der Waals surface area contributed by atoms with Crippen LogP contribution >= 0.6 is 0 Å². The van der Waals surface area contributed by atoms with Crippen molar-refractivity contribution >= 4 is 5.97 Å². The Morgan fingerprint density at radius 3 is 2.18 bits per heavy atom. The topological polar surface area (TPSA) is 58.6 Å². The summed E-state index contributed by atoms with van der Waals surface area (Å²) in [4.78, 5) is 10.8. The molecule has 0 unspecified atom stereocenters. The van der Waals surface area contributed by atoms with Crippen molar-refractivity contribution in [2.45, 2.75) is 13.0 Å². The number of aromatic carboxylic acids is 1. The van der Waals surface area contributed by atoms with Crippen LogP contribution in [0, 0.1) is 0 Å². The first-order valence-electron chi connectivity index (χ1n) is 6.85. The molecule has 0 heterocycles. The predicted molar refractivity (Wildman–Crippen MR) is 81.8 cm³/mol. The van der Waals surface area contributed by atoms with Gasteiger partial charge < -0.3 is 27.6 Å². The number of nitrogens with one attached hydrogen (secondary N) is 1. The lowest BCUT2D eigenvalue weighted by atomic mass is 10.1. The molecule has 0 bridgehead atoms. The third kappa shape index (κ3) is 5.39. The Morgan fingerprint density at radius 1 is 1.05 bits per heavy atom. The van der Waals surface area contributed by atoms with Gasteiger partial charge in [0.1, 0.15) is 5.75 Å². The third-order valence-electron chi connectivity index (χ3n) is 3.28. The molecule has 118 valence electrons. The Kier molecular flexibility index (Phi) is 7.43. The van der Waals surface area contributed by atoms with Crippen molar-refractivity contribution in [2.75, 3.05) is 13.7 Å². The van der Waals surface area contributed by atoms with Gasteiger partial charge in [0.15, 0.2) is 0 Å². The second kappa shape index (κ2) is 9.07. The molecule has 0 spiro atoms. The highest BCUT2D eigenvalue weighted by Gasteiger charge is 2.01. The highest BCUT2D eigenvalue weighted by atomic mass is 35.5. The minimum atomic E-state index is -0.894. The highest BCUT2D eigenvalue weighted by molar-refractivity contribution is 5.87. The summed E-state index contributed by atoms with van der Waals surface area (Å²) in [5, 5.41) is 12.2. The average molecular weight is 321 g/mol. The molecule has 22 heavy (non-hydrogen) atoms. The van der Waals surface area contributed by atoms with Gasteiger partial charge in [0, 0.05) is 6.54 Å². The van der Waals surface area contributed by atoms with E-state index in [9.17, 15) is 4.79 Å². The van der Waals surface area contributed by atoms with Gasteiger partial charge in [-0.25, -0.2) is 4.79 Å². The fraction of sp³-hybridized carbons (Fsp3) is 0.235. The maximum atomic E-state index is 10.8. The van der Waals surface area contributed by atoms with E-state index in [1.165, 1.54) is 5.56 Å². The normalized spacial score (nSPS) is 9.86. The molecule has 0 saturated carbocycles. The van der Waals surface area contributed by atoms with E-state index in [1.807, 2.05) is 24.3 Å². The highest BCUT2D eigenvalue weighted by Crippen LogP contribution is 2.11. The predicted octanol–water partition coefficient (Wildman–Crippen LogP) is -0.270. The van der Waals surface area contributed by atoms with E-state index in [2.05, 4.69) is 17.4 Å². The van der Waals surface area contributed by atoms with Gasteiger partial charge in [0.25, 0.3) is 0 Å². The van der Waals surface area contributed by atoms with Crippen LogP contribution in [-0.4, -0.2) is 24.7 Å². The molecule has 0 atom stereocenters. The molecule has 2 N–H and O–H groups in total. The molecule has 0 fully saturated rings. The minimum absolute atomic E-state index is 0. The average Bonchev–Trinajstić information content (AvgIpc) is 2.52. The molecule has 0 saturated heterocycles. The van der Waals surface area contributed by atoms with Crippen LogP contribution in [0.3, 0.4) is 0 Å². The van der Waals surface area contributed by atoms with E-state index >= 15 is 0 Å². The third-order valence-corrected chi connectivity index (χ3v) is 3.28. The maximum absolute atomic E-state index is 10.8. The van der Waals surface area contributed by atoms with Crippen molar-refractivity contribution < 1.29 is 27.0 Å². The van der Waals surface area contributed by atoms with Gasteiger partial charge in [-0.3, -0.25) is 0 Å². The summed E-state index contributed by atoms with van der Waals surface area (Å²) in [5.74, 6) is -0.0285. The molecule has 2 aromatic carbocycles. The van der Waals surface area contributed by atoms with Crippen LogP contribution in [0.2, 0.25) is 0 Å². The van der Waals surface area contributed by atoms with Crippen LogP contribution in [0.15, 0.2) is 48.5 Å². The number of methoxy groups -OCH3 is 1. The molecule has 4 nitrogen and oxygen atoms in total. The number of halogens is 1. The van der Waals surface area contributed by atoms with Crippen LogP contribution in [0.25, 0.3) is 0 Å². The zero-order valence-electron chi connectivity index (χ0n) is 12.4. The van der Waals surface area contributed by atoms with Crippen LogP contribution < -0.4 is 22.5 Å². The molecule has 0 radical (unpaired) electrons. The molecule has 0 aliphatic heterocycles. The first-order valence-corrected chi connectivity index (χ1v) is 6.85. The number of hydrogen-bond acceptors (Lipinski definition) is 3. The Morgan fingerprint density at radius 2 is 1.64 bits per heavy atom. The van der Waals surface area contributed by atoms with E-state index in [-0.39, 0.29) is 12.4 Å². The summed E-state index contributed by atoms with van der Waals surface area (Å²) in [5.41, 5.74) is 2.65. The van der Waals surface area contributed by atoms with Crippen LogP contribution in [0.5, 0.6) is 5.75 Å². The molecular weight excluding hydrogens is 302 g/mol. The van der Waals surface area contributed by atoms with Gasteiger partial charge in [-0.05, 0) is 48.4 Å². The smallest absolute Gasteiger partial charge is 0.335 e. The van der Waals surface area contributed by atoms with Crippen molar-refractivity contribution in [3.8, 4) is 5.75 Å². The lowest BCUT2D eigenvalue weighted by Crippen LogP contribution is -3.00. The van der Waals surface area contributed by atoms with Gasteiger partial charge in [-0.15, -0.1) is 0 Å². The van der Waals surface area contributed by atoms with Gasteiger partial charge in [0.2, 0.25) is 0 Å². The number of rotatable bonds is 7. The lowest BCUT2D eigenvalue weighted by Gasteiger charge is -2.06. The summed E-state index contributed by atoms with van der Waals surface area (Å²) >= 11 is 0. The second-order valence-corrected chi connectivity index (χ2v) is 4.78. The van der Waals surface area contributed by atoms with Crippen LogP contribution in [0.1, 0.15) is 21.5 Å². The van der Waals surface area contributed by atoms with Gasteiger partial charge >= 0.3 is 5.97 Å². The van der Waals surface area contributed by atoms with Gasteiger partial charge in [-0.2, -0.15) is 0 Å². The number of benzene rings is 2. The zero-order valence-corrected chi connectivity index (χ0v) is 13.1. The summed E-state index contributed by atoms with van der Waals surface area (Å²) in [6.07, 6.45) is 0.942. The van der Waals surface area contributed by atoms with E-state index < -0.39 is 5.97 Å². The van der Waals surface area contributed by atoms with Crippen LogP contribution in [0.4, 0.5) is 0 Å². The summed E-state index contributed by atoms with van der Waals surface area (Å²) in [6.45, 7) is 1.60. The number of carboxylic acid groups (broad SMARTS) is 1. The van der Waals surface area contributed by atoms with E-state index in [0.29, 0.717) is 5.56 Å². The standard InChI is InChI=1S/C17H19NO3.ClH/c1-21-16-8-4-13(5-9-16)10-11-18-12-14-2-6-15(7-3-14)17(19)20;/h2-9,18H,10-12H2,1H3,(H,19,20);1H/p-1. The van der Waals surface area contributed by atoms with Crippen molar-refractivity contribution in [2.24, 2.45) is 0 Å². The quantitative estimate of drug-likeness (QED) is 0.690. The number of carbonyl (C=O) groups is 1. The molecule has 0 aromatic heterocycles. The summed E-state index contributed by atoms with van der Waals surface area (Å²) in [7, 11) is 1.66. The van der Waals surface area contributed by atoms with E-state index in [1.54, 1.807) is 19.2 Å². The first-order chi connectivity index (χ1) is 10.2. The zero-order chi connectivity index (χ0) is 15.1. The van der Waals surface area contributed by atoms with Crippen molar-refractivity contribution in [1.29, 1.82) is 0 Å². The molecule has 0 aliphatic carbocycles. The van der Waals surface area contributed by atoms with Crippen molar-refractivity contribution in [3.63, 3.8) is 0 Å². The molecule has 2 aromatic rings. The molecule has 2 rings (SSSR count). The van der Waals surface area contributed by atoms with Gasteiger partial charge in [0.05, 0.1) is 12.7 Å². The monoisotopic (exact) mass is 320 g/mol. The molecule has 5 heteroatoms. The largest absolute Gasteiger partial charge is 1.00 e. The number of ether oxygens (including phenoxy) is 1. The first kappa shape index (κ1) is 18.0. The van der Waals surface area contributed by atoms with Crippen molar-refractivity contribution in [1.82, 2.24) is 5.32 Å². The van der Waals surface area contributed by atoms with Gasteiger partial charge in [-0.1, -0.05) is 24.3 Å². The Hall–Kier alpha value is -2.04. The maximum Gasteiger partial charge on any atom is 0.335 e. The second-order valence-electron chi connectivity index (χ2n) is 4.78. The number of carboxylic acids is 1. The van der Waals surface area contributed by atoms with Crippen LogP contribution in [-0.2, 0) is 13.0 Å². The Labute approximate surface area is 136 Å². The molecule has 0 amide bonds. The lowest BCUT2D eigenvalue weighted by molar-refractivity contribution is -0.0000201. The summed E-state index contributed by atoms with van der Waals surface area (Å²) in [6, 6.07) is 15.0. The summed E-state index contributed by atoms with van der Waals surface area (Å²) < 4.78 is 5.12. The number of hydrogen-bond donors (Lipinski definition) is 2. The Balaban J connectivity index is 0.00000242. The van der Waals surface area contributed by atoms with E-state index in [4.69, 9.17) is 9.84 Å². The Bertz CT molecular complexity index is 582. The minimum Gasteiger partial charge on any atom is -1.00 e. The SMILES string of the molecule is COc1ccc(CCNCc2ccc(C(=O)O)cc2)cc1.[Cl-]. The fourth-order valence-corrected chi connectivity index (χ4v) is 2.02. The molecular formula is C17H19ClNO3-. The van der Waals surface area contributed by atoms with E-state index in [0.717, 1.165) is 30.8 Å².